The number of benzene rings is 2. The number of ether oxygens (including phenoxy) is 1. The van der Waals surface area contributed by atoms with Crippen molar-refractivity contribution in [3.8, 4) is 17.2 Å². The SMILES string of the molecule is CCC(C(=O)O)C1CCc2cc(OCCc3nc(-c4cccc(Cl)c4)oc3C)ccc21. The third kappa shape index (κ3) is 4.62. The summed E-state index contributed by atoms with van der Waals surface area (Å²) in [5, 5.41) is 10.1. The number of nitrogens with zero attached hydrogens (tertiary/aromatic N) is 1. The summed E-state index contributed by atoms with van der Waals surface area (Å²) in [4.78, 5) is 16.2. The van der Waals surface area contributed by atoms with Crippen molar-refractivity contribution in [3.05, 3.63) is 70.1 Å². The lowest BCUT2D eigenvalue weighted by molar-refractivity contribution is -0.142. The first kappa shape index (κ1) is 21.4. The van der Waals surface area contributed by atoms with Crippen LogP contribution in [0.3, 0.4) is 0 Å². The molecule has 0 saturated heterocycles. The van der Waals surface area contributed by atoms with E-state index >= 15 is 0 Å². The maximum Gasteiger partial charge on any atom is 0.307 e. The molecular weight excluding hydrogens is 414 g/mol. The minimum Gasteiger partial charge on any atom is -0.493 e. The molecule has 2 atom stereocenters. The molecule has 1 aliphatic rings. The smallest absolute Gasteiger partial charge is 0.307 e. The highest BCUT2D eigenvalue weighted by atomic mass is 35.5. The van der Waals surface area contributed by atoms with E-state index in [0.717, 1.165) is 41.2 Å². The average Bonchev–Trinajstić information content (AvgIpc) is 3.32. The summed E-state index contributed by atoms with van der Waals surface area (Å²) in [6, 6.07) is 13.5. The Morgan fingerprint density at radius 3 is 2.90 bits per heavy atom. The van der Waals surface area contributed by atoms with Gasteiger partial charge in [0.25, 0.3) is 0 Å². The van der Waals surface area contributed by atoms with Crippen molar-refractivity contribution in [3.63, 3.8) is 0 Å². The van der Waals surface area contributed by atoms with Crippen LogP contribution in [0.4, 0.5) is 0 Å². The number of halogens is 1. The van der Waals surface area contributed by atoms with Crippen LogP contribution in [0.25, 0.3) is 11.5 Å². The maximum absolute atomic E-state index is 11.6. The first-order chi connectivity index (χ1) is 15.0. The molecule has 1 aliphatic carbocycles. The van der Waals surface area contributed by atoms with Crippen LogP contribution in [0.5, 0.6) is 5.75 Å². The number of rotatable bonds is 8. The lowest BCUT2D eigenvalue weighted by Crippen LogP contribution is -2.19. The highest BCUT2D eigenvalue weighted by Gasteiger charge is 2.33. The fourth-order valence-corrected chi connectivity index (χ4v) is 4.63. The van der Waals surface area contributed by atoms with E-state index < -0.39 is 5.97 Å². The van der Waals surface area contributed by atoms with Gasteiger partial charge in [-0.05, 0) is 73.6 Å². The molecule has 2 aromatic carbocycles. The quantitative estimate of drug-likeness (QED) is 0.461. The Morgan fingerprint density at radius 1 is 1.32 bits per heavy atom. The van der Waals surface area contributed by atoms with Gasteiger partial charge in [-0.1, -0.05) is 30.7 Å². The zero-order valence-corrected chi connectivity index (χ0v) is 18.5. The number of carbonyl (C=O) groups is 1. The number of hydrogen-bond acceptors (Lipinski definition) is 4. The number of oxazole rings is 1. The number of carboxylic acid groups (broad SMARTS) is 1. The molecule has 0 aliphatic heterocycles. The van der Waals surface area contributed by atoms with E-state index in [2.05, 4.69) is 11.1 Å². The number of fused-ring (bicyclic) bond motifs is 1. The molecule has 0 bridgehead atoms. The standard InChI is InChI=1S/C25H26ClNO4/c1-3-20(25(28)29)22-9-7-16-14-19(8-10-21(16)22)30-12-11-23-15(2)31-24(27-23)17-5-4-6-18(26)13-17/h4-6,8,10,13-14,20,22H,3,7,9,11-12H2,1-2H3,(H,28,29). The van der Waals surface area contributed by atoms with Crippen molar-refractivity contribution >= 4 is 17.6 Å². The van der Waals surface area contributed by atoms with Crippen molar-refractivity contribution < 1.29 is 19.1 Å². The van der Waals surface area contributed by atoms with Gasteiger partial charge in [0.15, 0.2) is 0 Å². The molecule has 1 heterocycles. The van der Waals surface area contributed by atoms with Gasteiger partial charge in [0.05, 0.1) is 18.2 Å². The Kier molecular flexibility index (Phi) is 6.33. The lowest BCUT2D eigenvalue weighted by atomic mass is 9.85. The number of aryl methyl sites for hydroxylation is 2. The molecule has 6 heteroatoms. The third-order valence-electron chi connectivity index (χ3n) is 6.05. The Hall–Kier alpha value is -2.79. The number of aliphatic carboxylic acids is 1. The first-order valence-electron chi connectivity index (χ1n) is 10.7. The molecule has 1 aromatic heterocycles. The van der Waals surface area contributed by atoms with Gasteiger partial charge in [0.1, 0.15) is 11.5 Å². The minimum atomic E-state index is -0.708. The Balaban J connectivity index is 1.39. The average molecular weight is 440 g/mol. The molecule has 1 N–H and O–H groups in total. The minimum absolute atomic E-state index is 0.0919. The molecular formula is C25H26ClNO4. The topological polar surface area (TPSA) is 72.6 Å². The van der Waals surface area contributed by atoms with Crippen LogP contribution in [-0.2, 0) is 17.6 Å². The van der Waals surface area contributed by atoms with Crippen LogP contribution in [0.2, 0.25) is 5.02 Å². The van der Waals surface area contributed by atoms with Crippen molar-refractivity contribution in [1.82, 2.24) is 4.98 Å². The lowest BCUT2D eigenvalue weighted by Gasteiger charge is -2.19. The predicted octanol–water partition coefficient (Wildman–Crippen LogP) is 6.07. The second kappa shape index (κ2) is 9.15. The first-order valence-corrected chi connectivity index (χ1v) is 11.0. The molecule has 162 valence electrons. The molecule has 4 rings (SSSR count). The molecule has 2 unspecified atom stereocenters. The van der Waals surface area contributed by atoms with Gasteiger partial charge in [-0.2, -0.15) is 0 Å². The van der Waals surface area contributed by atoms with E-state index in [1.807, 2.05) is 50.2 Å². The molecule has 31 heavy (non-hydrogen) atoms. The maximum atomic E-state index is 11.6. The van der Waals surface area contributed by atoms with Gasteiger partial charge >= 0.3 is 5.97 Å². The third-order valence-corrected chi connectivity index (χ3v) is 6.29. The van der Waals surface area contributed by atoms with Crippen LogP contribution in [-0.4, -0.2) is 22.7 Å². The molecule has 5 nitrogen and oxygen atoms in total. The van der Waals surface area contributed by atoms with Crippen LogP contribution in [0.1, 0.15) is 48.3 Å². The monoisotopic (exact) mass is 439 g/mol. The van der Waals surface area contributed by atoms with Crippen LogP contribution < -0.4 is 4.74 Å². The van der Waals surface area contributed by atoms with Crippen LogP contribution in [0.15, 0.2) is 46.9 Å². The van der Waals surface area contributed by atoms with E-state index in [0.29, 0.717) is 30.4 Å². The molecule has 0 radical (unpaired) electrons. The van der Waals surface area contributed by atoms with Crippen LogP contribution in [0, 0.1) is 12.8 Å². The molecule has 3 aromatic rings. The molecule has 0 fully saturated rings. The normalized spacial score (nSPS) is 16.2. The van der Waals surface area contributed by atoms with E-state index in [4.69, 9.17) is 20.8 Å². The van der Waals surface area contributed by atoms with Crippen molar-refractivity contribution in [2.45, 2.75) is 45.4 Å². The molecule has 0 spiro atoms. The zero-order valence-electron chi connectivity index (χ0n) is 17.7. The van der Waals surface area contributed by atoms with E-state index in [-0.39, 0.29) is 11.8 Å². The second-order valence-electron chi connectivity index (χ2n) is 7.99. The Labute approximate surface area is 187 Å². The van der Waals surface area contributed by atoms with Crippen molar-refractivity contribution in [1.29, 1.82) is 0 Å². The molecule has 0 saturated carbocycles. The van der Waals surface area contributed by atoms with Crippen molar-refractivity contribution in [2.75, 3.05) is 6.61 Å². The largest absolute Gasteiger partial charge is 0.493 e. The summed E-state index contributed by atoms with van der Waals surface area (Å²) in [7, 11) is 0. The predicted molar refractivity (Wildman–Crippen MR) is 120 cm³/mol. The summed E-state index contributed by atoms with van der Waals surface area (Å²) in [5.41, 5.74) is 4.06. The Morgan fingerprint density at radius 2 is 2.16 bits per heavy atom. The van der Waals surface area contributed by atoms with Crippen LogP contribution >= 0.6 is 11.6 Å². The van der Waals surface area contributed by atoms with Gasteiger partial charge in [0.2, 0.25) is 5.89 Å². The summed E-state index contributed by atoms with van der Waals surface area (Å²) < 4.78 is 11.8. The van der Waals surface area contributed by atoms with Crippen molar-refractivity contribution in [2.24, 2.45) is 5.92 Å². The van der Waals surface area contributed by atoms with Gasteiger partial charge < -0.3 is 14.3 Å². The summed E-state index contributed by atoms with van der Waals surface area (Å²) in [5.74, 6) is 1.20. The van der Waals surface area contributed by atoms with Gasteiger partial charge in [-0.3, -0.25) is 4.79 Å². The van der Waals surface area contributed by atoms with E-state index in [1.165, 1.54) is 5.56 Å². The fraction of sp³-hybridized carbons (Fsp3) is 0.360. The summed E-state index contributed by atoms with van der Waals surface area (Å²) in [6.45, 7) is 4.33. The summed E-state index contributed by atoms with van der Waals surface area (Å²) >= 11 is 6.06. The molecule has 0 amide bonds. The Bertz CT molecular complexity index is 1090. The second-order valence-corrected chi connectivity index (χ2v) is 8.43. The number of carboxylic acids is 1. The van der Waals surface area contributed by atoms with E-state index in [1.54, 1.807) is 0 Å². The number of hydrogen-bond donors (Lipinski definition) is 1. The van der Waals surface area contributed by atoms with Gasteiger partial charge in [0, 0.05) is 17.0 Å². The summed E-state index contributed by atoms with van der Waals surface area (Å²) in [6.07, 6.45) is 3.05. The van der Waals surface area contributed by atoms with E-state index in [9.17, 15) is 9.90 Å². The highest BCUT2D eigenvalue weighted by Crippen LogP contribution is 2.41. The highest BCUT2D eigenvalue weighted by molar-refractivity contribution is 6.30. The van der Waals surface area contributed by atoms with Gasteiger partial charge in [-0.25, -0.2) is 4.98 Å². The number of aromatic nitrogens is 1. The zero-order chi connectivity index (χ0) is 22.0. The fourth-order valence-electron chi connectivity index (χ4n) is 4.44. The van der Waals surface area contributed by atoms with Gasteiger partial charge in [-0.15, -0.1) is 0 Å².